The highest BCUT2D eigenvalue weighted by Crippen LogP contribution is 2.42. The van der Waals surface area contributed by atoms with E-state index < -0.39 is 11.4 Å². The molecule has 0 aliphatic carbocycles. The van der Waals surface area contributed by atoms with Crippen LogP contribution >= 0.6 is 23.4 Å². The summed E-state index contributed by atoms with van der Waals surface area (Å²) in [6, 6.07) is 24.8. The van der Waals surface area contributed by atoms with Crippen LogP contribution in [-0.2, 0) is 17.8 Å². The third-order valence-corrected chi connectivity index (χ3v) is 7.64. The Hall–Kier alpha value is -2.69. The number of rotatable bonds is 8. The molecule has 0 spiro atoms. The number of carboxylic acid groups (broad SMARTS) is 1. The van der Waals surface area contributed by atoms with E-state index in [2.05, 4.69) is 48.7 Å². The van der Waals surface area contributed by atoms with E-state index in [1.165, 1.54) is 10.9 Å². The van der Waals surface area contributed by atoms with Crippen molar-refractivity contribution in [3.05, 3.63) is 94.6 Å². The van der Waals surface area contributed by atoms with Gasteiger partial charge in [-0.15, -0.1) is 0 Å². The number of aromatic nitrogens is 1. The highest BCUT2D eigenvalue weighted by Gasteiger charge is 2.32. The fourth-order valence-corrected chi connectivity index (χ4v) is 5.33. The van der Waals surface area contributed by atoms with E-state index in [-0.39, 0.29) is 0 Å². The van der Waals surface area contributed by atoms with Gasteiger partial charge in [0.15, 0.2) is 0 Å². The van der Waals surface area contributed by atoms with Crippen molar-refractivity contribution < 1.29 is 9.90 Å². The molecular weight excluding hydrogens is 462 g/mol. The van der Waals surface area contributed by atoms with E-state index in [4.69, 9.17) is 11.6 Å². The summed E-state index contributed by atoms with van der Waals surface area (Å²) in [4.78, 5) is 14.4. The maximum atomic E-state index is 12.1. The van der Waals surface area contributed by atoms with Gasteiger partial charge in [-0.05, 0) is 67.3 Å². The fourth-order valence-electron chi connectivity index (χ4n) is 4.10. The number of carbonyl (C=O) groups is 1. The molecule has 1 N–H and O–H groups in total. The van der Waals surface area contributed by atoms with Gasteiger partial charge in [0.05, 0.1) is 5.41 Å². The van der Waals surface area contributed by atoms with Crippen LogP contribution in [0, 0.1) is 5.41 Å². The molecule has 0 saturated carbocycles. The summed E-state index contributed by atoms with van der Waals surface area (Å²) in [7, 11) is 0. The lowest BCUT2D eigenvalue weighted by Gasteiger charge is -2.22. The largest absolute Gasteiger partial charge is 0.481 e. The molecule has 0 radical (unpaired) electrons. The van der Waals surface area contributed by atoms with E-state index in [0.717, 1.165) is 26.6 Å². The topological polar surface area (TPSA) is 42.2 Å². The number of benzene rings is 3. The van der Waals surface area contributed by atoms with E-state index in [9.17, 15) is 9.90 Å². The molecule has 0 saturated heterocycles. The van der Waals surface area contributed by atoms with Gasteiger partial charge in [-0.1, -0.05) is 73.6 Å². The molecule has 5 heteroatoms. The Bertz CT molecular complexity index is 1310. The molecule has 0 aliphatic heterocycles. The number of hydrogen-bond donors (Lipinski definition) is 1. The summed E-state index contributed by atoms with van der Waals surface area (Å²) < 4.78 is 2.29. The third kappa shape index (κ3) is 5.18. The lowest BCUT2D eigenvalue weighted by Crippen LogP contribution is -2.27. The molecule has 1 heterocycles. The molecule has 4 aromatic rings. The van der Waals surface area contributed by atoms with Crippen LogP contribution in [0.2, 0.25) is 5.02 Å². The van der Waals surface area contributed by atoms with Gasteiger partial charge in [0, 0.05) is 44.4 Å². The molecular formula is C29H30ClNO2S. The van der Waals surface area contributed by atoms with E-state index in [1.54, 1.807) is 25.6 Å². The van der Waals surface area contributed by atoms with Crippen LogP contribution in [0.15, 0.2) is 82.6 Å². The Morgan fingerprint density at radius 2 is 1.71 bits per heavy atom. The number of nitrogens with zero attached hydrogens (tertiary/aromatic N) is 1. The van der Waals surface area contributed by atoms with E-state index in [0.29, 0.717) is 23.9 Å². The standard InChI is InChI=1S/C29H30ClNO2S/c1-19(2)21-12-15-25-24(16-21)27(34-23-8-6-5-7-9-23)26(17-29(3,4)28(32)33)31(25)18-20-10-13-22(30)14-11-20/h5-16,19H,17-18H2,1-4H3,(H,32,33). The predicted molar refractivity (Wildman–Crippen MR) is 142 cm³/mol. The summed E-state index contributed by atoms with van der Waals surface area (Å²) in [6.45, 7) is 8.65. The van der Waals surface area contributed by atoms with E-state index in [1.807, 2.05) is 42.5 Å². The highest BCUT2D eigenvalue weighted by molar-refractivity contribution is 7.99. The summed E-state index contributed by atoms with van der Waals surface area (Å²) >= 11 is 7.84. The first-order chi connectivity index (χ1) is 16.2. The van der Waals surface area contributed by atoms with Gasteiger partial charge in [-0.25, -0.2) is 0 Å². The summed E-state index contributed by atoms with van der Waals surface area (Å²) in [5, 5.41) is 11.8. The fraction of sp³-hybridized carbons (Fsp3) is 0.276. The van der Waals surface area contributed by atoms with Crippen LogP contribution in [0.4, 0.5) is 0 Å². The molecule has 4 rings (SSSR count). The molecule has 0 bridgehead atoms. The van der Waals surface area contributed by atoms with Crippen LogP contribution in [0.3, 0.4) is 0 Å². The van der Waals surface area contributed by atoms with Crippen molar-refractivity contribution in [3.63, 3.8) is 0 Å². The maximum absolute atomic E-state index is 12.1. The maximum Gasteiger partial charge on any atom is 0.309 e. The average molecular weight is 492 g/mol. The minimum absolute atomic E-state index is 0.400. The Morgan fingerprint density at radius 1 is 1.03 bits per heavy atom. The number of fused-ring (bicyclic) bond motifs is 1. The number of hydrogen-bond acceptors (Lipinski definition) is 2. The van der Waals surface area contributed by atoms with Crippen molar-refractivity contribution in [1.82, 2.24) is 4.57 Å². The van der Waals surface area contributed by atoms with Crippen molar-refractivity contribution in [2.45, 2.75) is 56.4 Å². The molecule has 3 nitrogen and oxygen atoms in total. The van der Waals surface area contributed by atoms with E-state index >= 15 is 0 Å². The molecule has 1 aromatic heterocycles. The smallest absolute Gasteiger partial charge is 0.309 e. The van der Waals surface area contributed by atoms with Crippen LogP contribution in [0.5, 0.6) is 0 Å². The normalized spacial score (nSPS) is 11.9. The summed E-state index contributed by atoms with van der Waals surface area (Å²) in [5.41, 5.74) is 3.66. The Morgan fingerprint density at radius 3 is 2.32 bits per heavy atom. The number of halogens is 1. The van der Waals surface area contributed by atoms with Crippen LogP contribution in [0.25, 0.3) is 10.9 Å². The molecule has 3 aromatic carbocycles. The lowest BCUT2D eigenvalue weighted by molar-refractivity contribution is -0.146. The first-order valence-electron chi connectivity index (χ1n) is 11.5. The SMILES string of the molecule is CC(C)c1ccc2c(c1)c(Sc1ccccc1)c(CC(C)(C)C(=O)O)n2Cc1ccc(Cl)cc1. The third-order valence-electron chi connectivity index (χ3n) is 6.22. The van der Waals surface area contributed by atoms with Crippen LogP contribution in [-0.4, -0.2) is 15.6 Å². The Kier molecular flexibility index (Phi) is 7.11. The number of aliphatic carboxylic acids is 1. The first kappa shape index (κ1) is 24.4. The predicted octanol–water partition coefficient (Wildman–Crippen LogP) is 8.27. The number of carboxylic acids is 1. The summed E-state index contributed by atoms with van der Waals surface area (Å²) in [6.07, 6.45) is 0.427. The van der Waals surface area contributed by atoms with Gasteiger partial charge in [-0.2, -0.15) is 0 Å². The first-order valence-corrected chi connectivity index (χ1v) is 12.7. The lowest BCUT2D eigenvalue weighted by atomic mass is 9.88. The zero-order valence-corrected chi connectivity index (χ0v) is 21.6. The van der Waals surface area contributed by atoms with Gasteiger partial charge in [-0.3, -0.25) is 4.79 Å². The second-order valence-electron chi connectivity index (χ2n) is 9.70. The van der Waals surface area contributed by atoms with Crippen molar-refractivity contribution in [1.29, 1.82) is 0 Å². The van der Waals surface area contributed by atoms with Gasteiger partial charge >= 0.3 is 5.97 Å². The molecule has 0 fully saturated rings. The minimum Gasteiger partial charge on any atom is -0.481 e. The van der Waals surface area contributed by atoms with Crippen molar-refractivity contribution in [2.24, 2.45) is 5.41 Å². The van der Waals surface area contributed by atoms with Crippen molar-refractivity contribution >= 4 is 40.2 Å². The zero-order chi connectivity index (χ0) is 24.5. The molecule has 0 atom stereocenters. The van der Waals surface area contributed by atoms with Crippen molar-refractivity contribution in [3.8, 4) is 0 Å². The highest BCUT2D eigenvalue weighted by atomic mass is 35.5. The minimum atomic E-state index is -0.904. The quantitative estimate of drug-likeness (QED) is 0.269. The molecule has 0 unspecified atom stereocenters. The Balaban J connectivity index is 1.96. The van der Waals surface area contributed by atoms with Crippen LogP contribution < -0.4 is 0 Å². The van der Waals surface area contributed by atoms with Gasteiger partial charge < -0.3 is 9.67 Å². The molecule has 176 valence electrons. The molecule has 34 heavy (non-hydrogen) atoms. The van der Waals surface area contributed by atoms with Crippen molar-refractivity contribution in [2.75, 3.05) is 0 Å². The second-order valence-corrected chi connectivity index (χ2v) is 11.2. The molecule has 0 amide bonds. The van der Waals surface area contributed by atoms with Gasteiger partial charge in [0.25, 0.3) is 0 Å². The second kappa shape index (κ2) is 9.89. The van der Waals surface area contributed by atoms with Gasteiger partial charge in [0.1, 0.15) is 0 Å². The summed E-state index contributed by atoms with van der Waals surface area (Å²) in [5.74, 6) is -0.396. The molecule has 0 aliphatic rings. The van der Waals surface area contributed by atoms with Crippen LogP contribution in [0.1, 0.15) is 50.4 Å². The average Bonchev–Trinajstić information content (AvgIpc) is 3.07. The zero-order valence-electron chi connectivity index (χ0n) is 20.0. The Labute approximate surface area is 210 Å². The monoisotopic (exact) mass is 491 g/mol. The van der Waals surface area contributed by atoms with Gasteiger partial charge in [0.2, 0.25) is 0 Å².